The number of hydrogen-bond donors (Lipinski definition) is 1. The van der Waals surface area contributed by atoms with Gasteiger partial charge in [-0.25, -0.2) is 0 Å². The largest absolute Gasteiger partial charge is 0.381 e. The van der Waals surface area contributed by atoms with Crippen LogP contribution in [0, 0.1) is 0 Å². The summed E-state index contributed by atoms with van der Waals surface area (Å²) in [6, 6.07) is 10.4. The van der Waals surface area contributed by atoms with Crippen molar-refractivity contribution in [1.29, 1.82) is 0 Å². The summed E-state index contributed by atoms with van der Waals surface area (Å²) in [5, 5.41) is 12.1. The Hall–Kier alpha value is -0.250. The van der Waals surface area contributed by atoms with Crippen LogP contribution in [-0.2, 0) is 5.60 Å². The summed E-state index contributed by atoms with van der Waals surface area (Å²) in [6.45, 7) is 1.67. The fraction of sp³-hybridized carbons (Fsp3) is 0.143. The van der Waals surface area contributed by atoms with Crippen molar-refractivity contribution in [3.05, 3.63) is 67.1 Å². The SMILES string of the molecule is CC(O)(c1ccc(Cl)c(Cl)c1)c1ccc(Br)cc1Cl. The second kappa shape index (κ2) is 5.63. The number of rotatable bonds is 2. The smallest absolute Gasteiger partial charge is 0.113 e. The van der Waals surface area contributed by atoms with Crippen molar-refractivity contribution in [3.8, 4) is 0 Å². The highest BCUT2D eigenvalue weighted by molar-refractivity contribution is 9.10. The van der Waals surface area contributed by atoms with Crippen LogP contribution in [-0.4, -0.2) is 5.11 Å². The average molecular weight is 380 g/mol. The minimum atomic E-state index is -1.24. The van der Waals surface area contributed by atoms with Crippen LogP contribution < -0.4 is 0 Å². The maximum Gasteiger partial charge on any atom is 0.113 e. The van der Waals surface area contributed by atoms with Crippen LogP contribution in [0.25, 0.3) is 0 Å². The zero-order valence-corrected chi connectivity index (χ0v) is 13.8. The molecule has 2 aromatic carbocycles. The number of benzene rings is 2. The van der Waals surface area contributed by atoms with Gasteiger partial charge >= 0.3 is 0 Å². The molecule has 0 bridgehead atoms. The fourth-order valence-electron chi connectivity index (χ4n) is 1.84. The molecular weight excluding hydrogens is 370 g/mol. The van der Waals surface area contributed by atoms with E-state index in [0.29, 0.717) is 26.2 Å². The zero-order valence-electron chi connectivity index (χ0n) is 9.92. The van der Waals surface area contributed by atoms with Crippen LogP contribution in [0.15, 0.2) is 40.9 Å². The van der Waals surface area contributed by atoms with E-state index in [0.717, 1.165) is 4.47 Å². The van der Waals surface area contributed by atoms with Gasteiger partial charge in [-0.3, -0.25) is 0 Å². The van der Waals surface area contributed by atoms with Gasteiger partial charge in [0.15, 0.2) is 0 Å². The first kappa shape index (κ1) is 15.1. The molecule has 0 saturated carbocycles. The molecule has 1 N–H and O–H groups in total. The summed E-state index contributed by atoms with van der Waals surface area (Å²) in [5.74, 6) is 0. The third-order valence-corrected chi connectivity index (χ3v) is 4.48. The standard InChI is InChI=1S/C14H10BrCl3O/c1-14(19,8-2-5-11(16)13(18)6-8)10-4-3-9(15)7-12(10)17/h2-7,19H,1H3. The topological polar surface area (TPSA) is 20.2 Å². The molecule has 0 fully saturated rings. The van der Waals surface area contributed by atoms with Gasteiger partial charge in [0, 0.05) is 15.1 Å². The highest BCUT2D eigenvalue weighted by atomic mass is 79.9. The number of hydrogen-bond acceptors (Lipinski definition) is 1. The Bertz CT molecular complexity index is 626. The molecule has 19 heavy (non-hydrogen) atoms. The Kier molecular flexibility index (Phi) is 4.49. The van der Waals surface area contributed by atoms with E-state index in [1.807, 2.05) is 6.07 Å². The Morgan fingerprint density at radius 1 is 0.947 bits per heavy atom. The van der Waals surface area contributed by atoms with Crippen LogP contribution in [0.5, 0.6) is 0 Å². The molecule has 5 heteroatoms. The molecule has 1 atom stereocenters. The van der Waals surface area contributed by atoms with Gasteiger partial charge in [-0.05, 0) is 36.8 Å². The molecule has 0 aliphatic carbocycles. The van der Waals surface area contributed by atoms with E-state index in [1.54, 1.807) is 37.3 Å². The monoisotopic (exact) mass is 378 g/mol. The molecule has 0 amide bonds. The second-order valence-electron chi connectivity index (χ2n) is 4.33. The first-order chi connectivity index (χ1) is 8.82. The summed E-state index contributed by atoms with van der Waals surface area (Å²) < 4.78 is 0.853. The van der Waals surface area contributed by atoms with Gasteiger partial charge < -0.3 is 5.11 Å². The molecule has 0 radical (unpaired) electrons. The molecule has 2 aromatic rings. The van der Waals surface area contributed by atoms with E-state index in [2.05, 4.69) is 15.9 Å². The lowest BCUT2D eigenvalue weighted by Gasteiger charge is -2.26. The molecule has 1 unspecified atom stereocenters. The zero-order chi connectivity index (χ0) is 14.2. The summed E-state index contributed by atoms with van der Waals surface area (Å²) >= 11 is 21.4. The predicted octanol–water partition coefficient (Wildman–Crippen LogP) is 5.67. The van der Waals surface area contributed by atoms with E-state index in [1.165, 1.54) is 0 Å². The van der Waals surface area contributed by atoms with Crippen molar-refractivity contribution >= 4 is 50.7 Å². The van der Waals surface area contributed by atoms with Crippen LogP contribution in [0.2, 0.25) is 15.1 Å². The Labute approximate surface area is 135 Å². The predicted molar refractivity (Wildman–Crippen MR) is 84.3 cm³/mol. The molecule has 0 saturated heterocycles. The third-order valence-electron chi connectivity index (χ3n) is 2.94. The normalized spacial score (nSPS) is 14.2. The molecule has 1 nitrogen and oxygen atoms in total. The van der Waals surface area contributed by atoms with Gasteiger partial charge in [0.2, 0.25) is 0 Å². The van der Waals surface area contributed by atoms with Gasteiger partial charge in [0.25, 0.3) is 0 Å². The minimum Gasteiger partial charge on any atom is -0.381 e. The Morgan fingerprint density at radius 3 is 2.21 bits per heavy atom. The van der Waals surface area contributed by atoms with E-state index < -0.39 is 5.60 Å². The van der Waals surface area contributed by atoms with Gasteiger partial charge in [-0.1, -0.05) is 62.9 Å². The molecule has 0 aliphatic heterocycles. The van der Waals surface area contributed by atoms with Crippen molar-refractivity contribution in [1.82, 2.24) is 0 Å². The van der Waals surface area contributed by atoms with Crippen molar-refractivity contribution < 1.29 is 5.11 Å². The van der Waals surface area contributed by atoms with Crippen molar-refractivity contribution in [2.45, 2.75) is 12.5 Å². The molecule has 0 heterocycles. The van der Waals surface area contributed by atoms with Crippen LogP contribution in [0.3, 0.4) is 0 Å². The first-order valence-electron chi connectivity index (χ1n) is 5.46. The van der Waals surface area contributed by atoms with Crippen molar-refractivity contribution in [2.75, 3.05) is 0 Å². The molecular formula is C14H10BrCl3O. The summed E-state index contributed by atoms with van der Waals surface area (Å²) in [4.78, 5) is 0. The molecule has 0 aliphatic rings. The minimum absolute atomic E-state index is 0.396. The molecule has 100 valence electrons. The Balaban J connectivity index is 2.54. The second-order valence-corrected chi connectivity index (χ2v) is 6.46. The maximum atomic E-state index is 10.7. The van der Waals surface area contributed by atoms with Gasteiger partial charge in [0.05, 0.1) is 10.0 Å². The van der Waals surface area contributed by atoms with E-state index in [9.17, 15) is 5.11 Å². The van der Waals surface area contributed by atoms with E-state index in [-0.39, 0.29) is 0 Å². The number of halogens is 4. The third kappa shape index (κ3) is 3.09. The average Bonchev–Trinajstić information content (AvgIpc) is 2.32. The lowest BCUT2D eigenvalue weighted by atomic mass is 9.88. The van der Waals surface area contributed by atoms with Crippen molar-refractivity contribution in [3.63, 3.8) is 0 Å². The maximum absolute atomic E-state index is 10.7. The lowest BCUT2D eigenvalue weighted by Crippen LogP contribution is -2.23. The molecule has 2 rings (SSSR count). The summed E-state index contributed by atoms with van der Waals surface area (Å²) in [6.07, 6.45) is 0. The van der Waals surface area contributed by atoms with E-state index >= 15 is 0 Å². The summed E-state index contributed by atoms with van der Waals surface area (Å²) in [7, 11) is 0. The highest BCUT2D eigenvalue weighted by Crippen LogP contribution is 2.37. The van der Waals surface area contributed by atoms with Crippen LogP contribution >= 0.6 is 50.7 Å². The lowest BCUT2D eigenvalue weighted by molar-refractivity contribution is 0.102. The van der Waals surface area contributed by atoms with Gasteiger partial charge in [-0.2, -0.15) is 0 Å². The van der Waals surface area contributed by atoms with E-state index in [4.69, 9.17) is 34.8 Å². The van der Waals surface area contributed by atoms with Crippen LogP contribution in [0.1, 0.15) is 18.1 Å². The summed E-state index contributed by atoms with van der Waals surface area (Å²) in [5.41, 5.74) is -0.00619. The Morgan fingerprint density at radius 2 is 1.63 bits per heavy atom. The fourth-order valence-corrected chi connectivity index (χ4v) is 2.99. The molecule has 0 aromatic heterocycles. The number of aliphatic hydroxyl groups is 1. The van der Waals surface area contributed by atoms with Gasteiger partial charge in [-0.15, -0.1) is 0 Å². The van der Waals surface area contributed by atoms with Crippen LogP contribution in [0.4, 0.5) is 0 Å². The quantitative estimate of drug-likeness (QED) is 0.712. The molecule has 0 spiro atoms. The first-order valence-corrected chi connectivity index (χ1v) is 7.38. The van der Waals surface area contributed by atoms with Gasteiger partial charge in [0.1, 0.15) is 5.60 Å². The van der Waals surface area contributed by atoms with Crippen molar-refractivity contribution in [2.24, 2.45) is 0 Å². The highest BCUT2D eigenvalue weighted by Gasteiger charge is 2.28.